The van der Waals surface area contributed by atoms with Crippen LogP contribution in [0.2, 0.25) is 0 Å². The zero-order chi connectivity index (χ0) is 13.1. The summed E-state index contributed by atoms with van der Waals surface area (Å²) in [6, 6.07) is 5.84. The maximum absolute atomic E-state index is 13.1. The minimum Gasteiger partial charge on any atom is -0.323 e. The molecule has 18 heavy (non-hydrogen) atoms. The first-order valence-corrected chi connectivity index (χ1v) is 6.75. The number of halogens is 2. The van der Waals surface area contributed by atoms with Crippen molar-refractivity contribution in [2.75, 3.05) is 0 Å². The Bertz CT molecular complexity index is 536. The zero-order valence-corrected chi connectivity index (χ0v) is 10.9. The molecule has 0 bridgehead atoms. The Balaban J connectivity index is 2.16. The van der Waals surface area contributed by atoms with E-state index in [0.717, 1.165) is 22.9 Å². The molecule has 1 heterocycles. The second-order valence-corrected chi connectivity index (χ2v) is 5.17. The van der Waals surface area contributed by atoms with Gasteiger partial charge in [-0.15, -0.1) is 11.3 Å². The summed E-state index contributed by atoms with van der Waals surface area (Å²) in [4.78, 5) is 1.13. The molecule has 0 fully saturated rings. The van der Waals surface area contributed by atoms with Gasteiger partial charge in [0, 0.05) is 10.9 Å². The molecular formula is C14H15F2NS. The molecule has 0 amide bonds. The molecule has 0 aliphatic carbocycles. The van der Waals surface area contributed by atoms with Crippen LogP contribution >= 0.6 is 11.3 Å². The minimum atomic E-state index is -0.822. The number of hydrogen-bond donors (Lipinski definition) is 1. The van der Waals surface area contributed by atoms with Crippen molar-refractivity contribution >= 4 is 11.3 Å². The lowest BCUT2D eigenvalue weighted by Gasteiger charge is -2.12. The Morgan fingerprint density at radius 2 is 2.00 bits per heavy atom. The van der Waals surface area contributed by atoms with E-state index in [-0.39, 0.29) is 6.04 Å². The molecule has 0 aliphatic rings. The van der Waals surface area contributed by atoms with Crippen LogP contribution in [0.3, 0.4) is 0 Å². The summed E-state index contributed by atoms with van der Waals surface area (Å²) < 4.78 is 25.9. The van der Waals surface area contributed by atoms with Crippen molar-refractivity contribution in [3.05, 3.63) is 57.3 Å². The SMILES string of the molecule is CCc1ccsc1C(N)Cc1ccc(F)c(F)c1. The molecule has 0 aliphatic heterocycles. The van der Waals surface area contributed by atoms with Gasteiger partial charge in [-0.25, -0.2) is 8.78 Å². The quantitative estimate of drug-likeness (QED) is 0.895. The van der Waals surface area contributed by atoms with E-state index < -0.39 is 11.6 Å². The van der Waals surface area contributed by atoms with E-state index >= 15 is 0 Å². The largest absolute Gasteiger partial charge is 0.323 e. The van der Waals surface area contributed by atoms with Gasteiger partial charge in [-0.2, -0.15) is 0 Å². The average molecular weight is 267 g/mol. The summed E-state index contributed by atoms with van der Waals surface area (Å²) in [5, 5.41) is 2.01. The summed E-state index contributed by atoms with van der Waals surface area (Å²) in [5.41, 5.74) is 8.08. The number of thiophene rings is 1. The molecule has 1 unspecified atom stereocenters. The van der Waals surface area contributed by atoms with Gasteiger partial charge in [0.15, 0.2) is 11.6 Å². The van der Waals surface area contributed by atoms with E-state index in [4.69, 9.17) is 5.73 Å². The van der Waals surface area contributed by atoms with E-state index in [1.165, 1.54) is 11.6 Å². The van der Waals surface area contributed by atoms with Crippen LogP contribution in [0.5, 0.6) is 0 Å². The van der Waals surface area contributed by atoms with Crippen molar-refractivity contribution < 1.29 is 8.78 Å². The summed E-state index contributed by atoms with van der Waals surface area (Å²) >= 11 is 1.62. The van der Waals surface area contributed by atoms with Crippen LogP contribution in [-0.4, -0.2) is 0 Å². The summed E-state index contributed by atoms with van der Waals surface area (Å²) in [7, 11) is 0. The smallest absolute Gasteiger partial charge is 0.159 e. The molecule has 0 radical (unpaired) electrons. The third-order valence-electron chi connectivity index (χ3n) is 2.94. The van der Waals surface area contributed by atoms with Crippen molar-refractivity contribution in [1.29, 1.82) is 0 Å². The van der Waals surface area contributed by atoms with Gasteiger partial charge >= 0.3 is 0 Å². The Morgan fingerprint density at radius 3 is 2.67 bits per heavy atom. The lowest BCUT2D eigenvalue weighted by molar-refractivity contribution is 0.506. The van der Waals surface area contributed by atoms with E-state index in [1.54, 1.807) is 17.4 Å². The minimum absolute atomic E-state index is 0.162. The van der Waals surface area contributed by atoms with Gasteiger partial charge in [0.2, 0.25) is 0 Å². The topological polar surface area (TPSA) is 26.0 Å². The maximum Gasteiger partial charge on any atom is 0.159 e. The molecule has 4 heteroatoms. The Morgan fingerprint density at radius 1 is 1.22 bits per heavy atom. The van der Waals surface area contributed by atoms with Crippen molar-refractivity contribution in [2.45, 2.75) is 25.8 Å². The highest BCUT2D eigenvalue weighted by molar-refractivity contribution is 7.10. The zero-order valence-electron chi connectivity index (χ0n) is 10.1. The fourth-order valence-corrected chi connectivity index (χ4v) is 2.98. The lowest BCUT2D eigenvalue weighted by atomic mass is 10.0. The molecule has 1 atom stereocenters. The van der Waals surface area contributed by atoms with Gasteiger partial charge in [0.05, 0.1) is 0 Å². The lowest BCUT2D eigenvalue weighted by Crippen LogP contribution is -2.13. The molecule has 1 aromatic carbocycles. The van der Waals surface area contributed by atoms with Crippen molar-refractivity contribution in [2.24, 2.45) is 5.73 Å². The number of nitrogens with two attached hydrogens (primary N) is 1. The normalized spacial score (nSPS) is 12.7. The molecule has 96 valence electrons. The van der Waals surface area contributed by atoms with Gasteiger partial charge in [-0.3, -0.25) is 0 Å². The van der Waals surface area contributed by atoms with Crippen LogP contribution in [0.15, 0.2) is 29.6 Å². The second kappa shape index (κ2) is 5.59. The Labute approximate surface area is 109 Å². The fraction of sp³-hybridized carbons (Fsp3) is 0.286. The molecule has 1 nitrogen and oxygen atoms in total. The fourth-order valence-electron chi connectivity index (χ4n) is 1.98. The molecule has 0 spiro atoms. The van der Waals surface area contributed by atoms with E-state index in [0.29, 0.717) is 6.42 Å². The van der Waals surface area contributed by atoms with Crippen LogP contribution in [0.4, 0.5) is 8.78 Å². The van der Waals surface area contributed by atoms with Crippen molar-refractivity contribution in [1.82, 2.24) is 0 Å². The van der Waals surface area contributed by atoms with Crippen molar-refractivity contribution in [3.63, 3.8) is 0 Å². The highest BCUT2D eigenvalue weighted by atomic mass is 32.1. The highest BCUT2D eigenvalue weighted by Gasteiger charge is 2.13. The summed E-state index contributed by atoms with van der Waals surface area (Å²) in [6.07, 6.45) is 1.45. The van der Waals surface area contributed by atoms with Crippen LogP contribution in [0.25, 0.3) is 0 Å². The third kappa shape index (κ3) is 2.76. The maximum atomic E-state index is 13.1. The average Bonchev–Trinajstić information content (AvgIpc) is 2.82. The molecule has 0 saturated heterocycles. The van der Waals surface area contributed by atoms with Gasteiger partial charge in [-0.05, 0) is 47.5 Å². The Hall–Kier alpha value is -1.26. The van der Waals surface area contributed by atoms with E-state index in [9.17, 15) is 8.78 Å². The van der Waals surface area contributed by atoms with Gasteiger partial charge in [0.1, 0.15) is 0 Å². The van der Waals surface area contributed by atoms with Crippen LogP contribution in [0, 0.1) is 11.6 Å². The van der Waals surface area contributed by atoms with Crippen LogP contribution in [-0.2, 0) is 12.8 Å². The molecule has 2 N–H and O–H groups in total. The molecule has 2 rings (SSSR count). The molecule has 1 aromatic heterocycles. The predicted molar refractivity (Wildman–Crippen MR) is 70.7 cm³/mol. The highest BCUT2D eigenvalue weighted by Crippen LogP contribution is 2.26. The monoisotopic (exact) mass is 267 g/mol. The van der Waals surface area contributed by atoms with E-state index in [2.05, 4.69) is 13.0 Å². The number of hydrogen-bond acceptors (Lipinski definition) is 2. The van der Waals surface area contributed by atoms with E-state index in [1.807, 2.05) is 5.38 Å². The second-order valence-electron chi connectivity index (χ2n) is 4.22. The first-order chi connectivity index (χ1) is 8.61. The summed E-state index contributed by atoms with van der Waals surface area (Å²) in [6.45, 7) is 2.08. The third-order valence-corrected chi connectivity index (χ3v) is 4.03. The molecular weight excluding hydrogens is 252 g/mol. The van der Waals surface area contributed by atoms with Gasteiger partial charge in [-0.1, -0.05) is 13.0 Å². The standard InChI is InChI=1S/C14H15F2NS/c1-2-10-5-6-18-14(10)13(17)8-9-3-4-11(15)12(16)7-9/h3-7,13H,2,8,17H2,1H3. The van der Waals surface area contributed by atoms with Crippen LogP contribution in [0.1, 0.15) is 29.0 Å². The first kappa shape index (κ1) is 13.2. The Kier molecular flexibility index (Phi) is 4.09. The van der Waals surface area contributed by atoms with Gasteiger partial charge < -0.3 is 5.73 Å². The van der Waals surface area contributed by atoms with Gasteiger partial charge in [0.25, 0.3) is 0 Å². The molecule has 2 aromatic rings. The summed E-state index contributed by atoms with van der Waals surface area (Å²) in [5.74, 6) is -1.64. The molecule has 0 saturated carbocycles. The van der Waals surface area contributed by atoms with Crippen molar-refractivity contribution in [3.8, 4) is 0 Å². The predicted octanol–water partition coefficient (Wildman–Crippen LogP) is 3.83. The first-order valence-electron chi connectivity index (χ1n) is 5.87. The number of rotatable bonds is 4. The van der Waals surface area contributed by atoms with Crippen LogP contribution < -0.4 is 5.73 Å². The number of aryl methyl sites for hydroxylation is 1. The number of benzene rings is 1.